The van der Waals surface area contributed by atoms with E-state index in [1.807, 2.05) is 0 Å². The maximum Gasteiger partial charge on any atom is 0.336 e. The van der Waals surface area contributed by atoms with Crippen molar-refractivity contribution in [1.29, 1.82) is 0 Å². The highest BCUT2D eigenvalue weighted by Crippen LogP contribution is 2.26. The van der Waals surface area contributed by atoms with E-state index in [1.165, 1.54) is 12.1 Å². The summed E-state index contributed by atoms with van der Waals surface area (Å²) >= 11 is 6.59. The Morgan fingerprint density at radius 1 is 1.11 bits per heavy atom. The largest absolute Gasteiger partial charge is 0.478 e. The Morgan fingerprint density at radius 3 is 2.16 bits per heavy atom. The molecule has 1 N–H and O–H groups in total. The molecule has 0 spiro atoms. The Kier molecular flexibility index (Phi) is 3.64. The highest BCUT2D eigenvalue weighted by atomic mass is 35.5. The summed E-state index contributed by atoms with van der Waals surface area (Å²) in [6.07, 6.45) is 0. The van der Waals surface area contributed by atoms with Gasteiger partial charge in [-0.25, -0.2) is 13.6 Å². The molecule has 0 saturated carbocycles. The predicted octanol–water partition coefficient (Wildman–Crippen LogP) is 3.61. The zero-order valence-electron chi connectivity index (χ0n) is 9.12. The lowest BCUT2D eigenvalue weighted by atomic mass is 10.0. The summed E-state index contributed by atoms with van der Waals surface area (Å²) in [5.41, 5.74) is -1.00. The third-order valence-corrected chi connectivity index (χ3v) is 3.56. The molecular formula is C12H5ClF2O3S. The first-order chi connectivity index (χ1) is 8.90. The van der Waals surface area contributed by atoms with Gasteiger partial charge in [-0.05, 0) is 24.3 Å². The van der Waals surface area contributed by atoms with E-state index >= 15 is 0 Å². The van der Waals surface area contributed by atoms with Crippen LogP contribution in [0, 0.1) is 11.6 Å². The minimum atomic E-state index is -1.51. The molecule has 98 valence electrons. The van der Waals surface area contributed by atoms with Gasteiger partial charge in [0.25, 0.3) is 0 Å². The molecule has 0 radical (unpaired) electrons. The van der Waals surface area contributed by atoms with Crippen LogP contribution in [0.5, 0.6) is 0 Å². The number of ketones is 1. The quantitative estimate of drug-likeness (QED) is 0.881. The molecule has 0 unspecified atom stereocenters. The van der Waals surface area contributed by atoms with Crippen LogP contribution in [0.4, 0.5) is 8.78 Å². The van der Waals surface area contributed by atoms with Crippen LogP contribution in [0.1, 0.15) is 25.6 Å². The fraction of sp³-hybridized carbons (Fsp3) is 0. The van der Waals surface area contributed by atoms with E-state index in [2.05, 4.69) is 0 Å². The molecule has 0 aliphatic carbocycles. The molecule has 19 heavy (non-hydrogen) atoms. The van der Waals surface area contributed by atoms with Crippen LogP contribution >= 0.6 is 22.9 Å². The van der Waals surface area contributed by atoms with Gasteiger partial charge in [-0.15, -0.1) is 11.3 Å². The van der Waals surface area contributed by atoms with Gasteiger partial charge >= 0.3 is 5.97 Å². The molecule has 7 heteroatoms. The average Bonchev–Trinajstić information content (AvgIpc) is 2.77. The maximum absolute atomic E-state index is 13.2. The number of carbonyl (C=O) groups excluding carboxylic acids is 1. The summed E-state index contributed by atoms with van der Waals surface area (Å²) in [6.45, 7) is 0. The van der Waals surface area contributed by atoms with Crippen molar-refractivity contribution in [1.82, 2.24) is 0 Å². The number of rotatable bonds is 3. The van der Waals surface area contributed by atoms with E-state index in [1.54, 1.807) is 0 Å². The number of halogens is 3. The van der Waals surface area contributed by atoms with E-state index < -0.39 is 34.5 Å². The minimum absolute atomic E-state index is 0.151. The second-order valence-electron chi connectivity index (χ2n) is 3.55. The van der Waals surface area contributed by atoms with Crippen molar-refractivity contribution in [2.75, 3.05) is 0 Å². The lowest BCUT2D eigenvalue weighted by Crippen LogP contribution is -2.10. The molecule has 0 atom stereocenters. The third-order valence-electron chi connectivity index (χ3n) is 2.33. The molecule has 0 aliphatic heterocycles. The molecule has 1 aromatic carbocycles. The summed E-state index contributed by atoms with van der Waals surface area (Å²) in [5.74, 6) is -4.83. The molecule has 0 aliphatic rings. The average molecular weight is 303 g/mol. The van der Waals surface area contributed by atoms with Gasteiger partial charge in [0.2, 0.25) is 5.78 Å². The number of carbonyl (C=O) groups is 2. The van der Waals surface area contributed by atoms with Gasteiger partial charge in [-0.2, -0.15) is 0 Å². The fourth-order valence-electron chi connectivity index (χ4n) is 1.48. The first-order valence-electron chi connectivity index (χ1n) is 4.92. The number of aromatic carboxylic acids is 1. The number of carboxylic acid groups (broad SMARTS) is 1. The fourth-order valence-corrected chi connectivity index (χ4v) is 2.48. The zero-order chi connectivity index (χ0) is 14.2. The molecule has 2 aromatic rings. The van der Waals surface area contributed by atoms with Gasteiger partial charge in [0.15, 0.2) is 11.6 Å². The summed E-state index contributed by atoms with van der Waals surface area (Å²) in [5, 5.41) is 8.92. The van der Waals surface area contributed by atoms with Crippen molar-refractivity contribution in [2.24, 2.45) is 0 Å². The van der Waals surface area contributed by atoms with Gasteiger partial charge < -0.3 is 5.11 Å². The molecule has 2 rings (SSSR count). The zero-order valence-corrected chi connectivity index (χ0v) is 10.7. The van der Waals surface area contributed by atoms with E-state index in [-0.39, 0.29) is 4.88 Å². The first-order valence-corrected chi connectivity index (χ1v) is 6.12. The lowest BCUT2D eigenvalue weighted by Gasteiger charge is -2.05. The van der Waals surface area contributed by atoms with Crippen LogP contribution in [-0.2, 0) is 0 Å². The molecule has 0 amide bonds. The van der Waals surface area contributed by atoms with Gasteiger partial charge in [-0.1, -0.05) is 11.6 Å². The number of thiophene rings is 1. The summed E-state index contributed by atoms with van der Waals surface area (Å²) < 4.78 is 26.5. The summed E-state index contributed by atoms with van der Waals surface area (Å²) in [6, 6.07) is 3.91. The number of hydrogen-bond donors (Lipinski definition) is 1. The Labute approximate surface area is 115 Å². The Hall–Kier alpha value is -1.79. The van der Waals surface area contributed by atoms with E-state index in [0.29, 0.717) is 16.5 Å². The monoisotopic (exact) mass is 302 g/mol. The molecule has 0 bridgehead atoms. The molecule has 0 fully saturated rings. The molecular weight excluding hydrogens is 298 g/mol. The van der Waals surface area contributed by atoms with Crippen molar-refractivity contribution >= 4 is 34.7 Å². The van der Waals surface area contributed by atoms with Crippen LogP contribution in [-0.4, -0.2) is 16.9 Å². The smallest absolute Gasteiger partial charge is 0.336 e. The van der Waals surface area contributed by atoms with Crippen molar-refractivity contribution in [3.63, 3.8) is 0 Å². The Balaban J connectivity index is 2.58. The highest BCUT2D eigenvalue weighted by molar-refractivity contribution is 7.18. The van der Waals surface area contributed by atoms with Crippen LogP contribution in [0.25, 0.3) is 0 Å². The predicted molar refractivity (Wildman–Crippen MR) is 66.1 cm³/mol. The molecule has 1 heterocycles. The van der Waals surface area contributed by atoms with Gasteiger partial charge in [-0.3, -0.25) is 4.79 Å². The van der Waals surface area contributed by atoms with Gasteiger partial charge in [0.05, 0.1) is 14.8 Å². The SMILES string of the molecule is O=C(O)c1cc(F)c(F)cc1C(=O)c1ccc(Cl)s1. The lowest BCUT2D eigenvalue weighted by molar-refractivity contribution is 0.0692. The van der Waals surface area contributed by atoms with Crippen molar-refractivity contribution < 1.29 is 23.5 Å². The normalized spacial score (nSPS) is 10.5. The molecule has 3 nitrogen and oxygen atoms in total. The standard InChI is InChI=1S/C12H5ClF2O3S/c13-10-2-1-9(19-10)11(16)5-3-7(14)8(15)4-6(5)12(17)18/h1-4H,(H,17,18). The minimum Gasteiger partial charge on any atom is -0.478 e. The van der Waals surface area contributed by atoms with E-state index in [9.17, 15) is 18.4 Å². The number of benzene rings is 1. The Morgan fingerprint density at radius 2 is 1.68 bits per heavy atom. The second kappa shape index (κ2) is 5.07. The van der Waals surface area contributed by atoms with Crippen LogP contribution in [0.3, 0.4) is 0 Å². The molecule has 0 saturated heterocycles. The summed E-state index contributed by atoms with van der Waals surface area (Å²) in [7, 11) is 0. The highest BCUT2D eigenvalue weighted by Gasteiger charge is 2.22. The van der Waals surface area contributed by atoms with Gasteiger partial charge in [0.1, 0.15) is 0 Å². The van der Waals surface area contributed by atoms with Gasteiger partial charge in [0, 0.05) is 5.56 Å². The maximum atomic E-state index is 13.2. The van der Waals surface area contributed by atoms with E-state index in [0.717, 1.165) is 11.3 Å². The topological polar surface area (TPSA) is 54.4 Å². The van der Waals surface area contributed by atoms with Crippen molar-refractivity contribution in [3.8, 4) is 0 Å². The second-order valence-corrected chi connectivity index (χ2v) is 5.27. The first kappa shape index (κ1) is 13.6. The number of carboxylic acids is 1. The Bertz CT molecular complexity index is 682. The van der Waals surface area contributed by atoms with Crippen molar-refractivity contribution in [3.05, 3.63) is 56.2 Å². The van der Waals surface area contributed by atoms with Crippen LogP contribution in [0.15, 0.2) is 24.3 Å². The van der Waals surface area contributed by atoms with Crippen LogP contribution in [0.2, 0.25) is 4.34 Å². The van der Waals surface area contributed by atoms with E-state index in [4.69, 9.17) is 16.7 Å². The third kappa shape index (κ3) is 2.64. The molecule has 1 aromatic heterocycles. The summed E-state index contributed by atoms with van der Waals surface area (Å²) in [4.78, 5) is 23.2. The number of hydrogen-bond acceptors (Lipinski definition) is 3. The van der Waals surface area contributed by atoms with Crippen molar-refractivity contribution in [2.45, 2.75) is 0 Å². The van der Waals surface area contributed by atoms with Crippen LogP contribution < -0.4 is 0 Å².